The molecule has 0 saturated carbocycles. The molecule has 3 rings (SSSR count). The van der Waals surface area contributed by atoms with E-state index >= 15 is 0 Å². The Morgan fingerprint density at radius 3 is 2.79 bits per heavy atom. The first kappa shape index (κ1) is 9.09. The van der Waals surface area contributed by atoms with Crippen molar-refractivity contribution < 1.29 is 14.7 Å². The number of rotatable bonds is 0. The maximum atomic E-state index is 9.73. The van der Waals surface area contributed by atoms with Gasteiger partial charge in [0, 0.05) is 19.8 Å². The molecule has 4 nitrogen and oxygen atoms in total. The molecule has 3 unspecified atom stereocenters. The first-order chi connectivity index (χ1) is 6.80. The van der Waals surface area contributed by atoms with Crippen molar-refractivity contribution in [2.75, 3.05) is 19.8 Å². The van der Waals surface area contributed by atoms with Gasteiger partial charge in [-0.05, 0) is 25.7 Å². The molecular formula is C10H17NO3. The van der Waals surface area contributed by atoms with E-state index in [1.807, 2.05) is 0 Å². The summed E-state index contributed by atoms with van der Waals surface area (Å²) in [4.78, 5) is 5.73. The zero-order chi connectivity index (χ0) is 9.60. The van der Waals surface area contributed by atoms with Gasteiger partial charge in [0.1, 0.15) is 6.10 Å². The molecule has 0 aromatic rings. The molecule has 1 spiro atoms. The molecule has 1 N–H and O–H groups in total. The van der Waals surface area contributed by atoms with Gasteiger partial charge in [-0.15, -0.1) is 0 Å². The molecule has 3 fully saturated rings. The van der Waals surface area contributed by atoms with Gasteiger partial charge in [0.2, 0.25) is 0 Å². The Labute approximate surface area is 83.7 Å². The first-order valence-corrected chi connectivity index (χ1v) is 5.50. The van der Waals surface area contributed by atoms with Gasteiger partial charge in [0.05, 0.1) is 11.6 Å². The van der Waals surface area contributed by atoms with Crippen LogP contribution in [0.5, 0.6) is 0 Å². The van der Waals surface area contributed by atoms with Crippen LogP contribution in [0, 0.1) is 0 Å². The summed E-state index contributed by atoms with van der Waals surface area (Å²) in [5.41, 5.74) is 0.181. The fourth-order valence-corrected chi connectivity index (χ4v) is 2.93. The smallest absolute Gasteiger partial charge is 0.107 e. The lowest BCUT2D eigenvalue weighted by Gasteiger charge is -2.39. The zero-order valence-corrected chi connectivity index (χ0v) is 8.32. The van der Waals surface area contributed by atoms with Gasteiger partial charge in [0.15, 0.2) is 0 Å². The molecular weight excluding hydrogens is 182 g/mol. The fourth-order valence-electron chi connectivity index (χ4n) is 2.93. The normalized spacial score (nSPS) is 45.6. The summed E-state index contributed by atoms with van der Waals surface area (Å²) >= 11 is 0. The number of hydrogen-bond donors (Lipinski definition) is 1. The largest absolute Gasteiger partial charge is 0.390 e. The van der Waals surface area contributed by atoms with Gasteiger partial charge in [0.25, 0.3) is 0 Å². The Morgan fingerprint density at radius 1 is 1.29 bits per heavy atom. The molecule has 0 aromatic heterocycles. The average Bonchev–Trinajstić information content (AvgIpc) is 2.49. The SMILES string of the molecule is OC1CCN2OC1CC21CCOCC1. The Morgan fingerprint density at radius 2 is 2.07 bits per heavy atom. The maximum Gasteiger partial charge on any atom is 0.107 e. The highest BCUT2D eigenvalue weighted by Gasteiger charge is 2.52. The predicted molar refractivity (Wildman–Crippen MR) is 49.6 cm³/mol. The second-order valence-electron chi connectivity index (χ2n) is 4.64. The number of ether oxygens (including phenoxy) is 1. The van der Waals surface area contributed by atoms with Crippen molar-refractivity contribution >= 4 is 0 Å². The third-order valence-electron chi connectivity index (χ3n) is 3.85. The predicted octanol–water partition coefficient (Wildman–Crippen LogP) is 0.306. The van der Waals surface area contributed by atoms with Gasteiger partial charge < -0.3 is 9.84 Å². The summed E-state index contributed by atoms with van der Waals surface area (Å²) in [7, 11) is 0. The van der Waals surface area contributed by atoms with Gasteiger partial charge in [-0.2, -0.15) is 5.06 Å². The van der Waals surface area contributed by atoms with Crippen molar-refractivity contribution in [2.24, 2.45) is 0 Å². The third kappa shape index (κ3) is 1.21. The van der Waals surface area contributed by atoms with Crippen molar-refractivity contribution in [2.45, 2.75) is 43.4 Å². The highest BCUT2D eigenvalue weighted by atomic mass is 16.7. The van der Waals surface area contributed by atoms with E-state index in [1.54, 1.807) is 0 Å². The van der Waals surface area contributed by atoms with Crippen LogP contribution >= 0.6 is 0 Å². The van der Waals surface area contributed by atoms with Crippen LogP contribution in [0.25, 0.3) is 0 Å². The molecule has 2 bridgehead atoms. The number of fused-ring (bicyclic) bond motifs is 3. The highest BCUT2D eigenvalue weighted by Crippen LogP contribution is 2.43. The van der Waals surface area contributed by atoms with E-state index in [-0.39, 0.29) is 17.7 Å². The number of aliphatic hydroxyl groups is 1. The summed E-state index contributed by atoms with van der Waals surface area (Å²) < 4.78 is 5.39. The van der Waals surface area contributed by atoms with Crippen molar-refractivity contribution in [3.05, 3.63) is 0 Å². The van der Waals surface area contributed by atoms with Gasteiger partial charge >= 0.3 is 0 Å². The highest BCUT2D eigenvalue weighted by molar-refractivity contribution is 5.00. The second kappa shape index (κ2) is 3.17. The Hall–Kier alpha value is -0.160. The van der Waals surface area contributed by atoms with E-state index < -0.39 is 0 Å². The van der Waals surface area contributed by atoms with Crippen LogP contribution in [0.4, 0.5) is 0 Å². The third-order valence-corrected chi connectivity index (χ3v) is 3.85. The van der Waals surface area contributed by atoms with Gasteiger partial charge in [-0.3, -0.25) is 4.84 Å². The molecule has 3 atom stereocenters. The van der Waals surface area contributed by atoms with E-state index in [1.165, 1.54) is 0 Å². The first-order valence-electron chi connectivity index (χ1n) is 5.50. The molecule has 0 radical (unpaired) electrons. The summed E-state index contributed by atoms with van der Waals surface area (Å²) in [5.74, 6) is 0. The standard InChI is InChI=1S/C10H17NO3/c12-8-1-4-11-10(7-9(8)14-11)2-5-13-6-3-10/h8-9,12H,1-7H2. The van der Waals surface area contributed by atoms with Crippen LogP contribution < -0.4 is 0 Å². The molecule has 3 saturated heterocycles. The molecule has 0 aromatic carbocycles. The zero-order valence-electron chi connectivity index (χ0n) is 8.32. The number of aliphatic hydroxyl groups excluding tert-OH is 1. The molecule has 4 heteroatoms. The molecule has 3 aliphatic rings. The summed E-state index contributed by atoms with van der Waals surface area (Å²) in [6.07, 6.45) is 3.73. The van der Waals surface area contributed by atoms with Gasteiger partial charge in [-0.1, -0.05) is 0 Å². The van der Waals surface area contributed by atoms with E-state index in [0.717, 1.165) is 45.4 Å². The minimum absolute atomic E-state index is 0.0434. The van der Waals surface area contributed by atoms with Crippen LogP contribution in [0.3, 0.4) is 0 Å². The summed E-state index contributed by atoms with van der Waals surface area (Å²) in [5, 5.41) is 11.8. The van der Waals surface area contributed by atoms with E-state index in [0.29, 0.717) is 0 Å². The van der Waals surface area contributed by atoms with E-state index in [2.05, 4.69) is 5.06 Å². The van der Waals surface area contributed by atoms with E-state index in [9.17, 15) is 5.11 Å². The van der Waals surface area contributed by atoms with Crippen molar-refractivity contribution in [3.63, 3.8) is 0 Å². The monoisotopic (exact) mass is 199 g/mol. The molecule has 0 amide bonds. The lowest BCUT2D eigenvalue weighted by Crippen LogP contribution is -2.48. The number of hydroxylamine groups is 2. The minimum atomic E-state index is -0.256. The Bertz CT molecular complexity index is 227. The van der Waals surface area contributed by atoms with Gasteiger partial charge in [-0.25, -0.2) is 0 Å². The number of nitrogens with zero attached hydrogens (tertiary/aromatic N) is 1. The molecule has 14 heavy (non-hydrogen) atoms. The van der Waals surface area contributed by atoms with Crippen LogP contribution in [0.15, 0.2) is 0 Å². The molecule has 80 valence electrons. The number of hydrogen-bond acceptors (Lipinski definition) is 4. The van der Waals surface area contributed by atoms with Crippen LogP contribution in [0.1, 0.15) is 25.7 Å². The fraction of sp³-hybridized carbons (Fsp3) is 1.00. The maximum absolute atomic E-state index is 9.73. The van der Waals surface area contributed by atoms with Crippen molar-refractivity contribution in [3.8, 4) is 0 Å². The average molecular weight is 199 g/mol. The lowest BCUT2D eigenvalue weighted by atomic mass is 9.85. The lowest BCUT2D eigenvalue weighted by molar-refractivity contribution is -0.242. The van der Waals surface area contributed by atoms with Crippen LogP contribution in [0.2, 0.25) is 0 Å². The minimum Gasteiger partial charge on any atom is -0.390 e. The Kier molecular flexibility index (Phi) is 2.06. The molecule has 3 heterocycles. The molecule has 0 aliphatic carbocycles. The quantitative estimate of drug-likeness (QED) is 0.609. The second-order valence-corrected chi connectivity index (χ2v) is 4.64. The van der Waals surface area contributed by atoms with Crippen LogP contribution in [-0.4, -0.2) is 47.7 Å². The Balaban J connectivity index is 1.81. The van der Waals surface area contributed by atoms with Crippen LogP contribution in [-0.2, 0) is 9.57 Å². The van der Waals surface area contributed by atoms with Crippen molar-refractivity contribution in [1.82, 2.24) is 5.06 Å². The summed E-state index contributed by atoms with van der Waals surface area (Å²) in [6.45, 7) is 2.54. The topological polar surface area (TPSA) is 41.9 Å². The van der Waals surface area contributed by atoms with Crippen molar-refractivity contribution in [1.29, 1.82) is 0 Å². The molecule has 3 aliphatic heterocycles. The summed E-state index contributed by atoms with van der Waals surface area (Å²) in [6, 6.07) is 0. The van der Waals surface area contributed by atoms with E-state index in [4.69, 9.17) is 9.57 Å².